The lowest BCUT2D eigenvalue weighted by Crippen LogP contribution is -2.52. The van der Waals surface area contributed by atoms with Gasteiger partial charge in [-0.2, -0.15) is 8.78 Å². The van der Waals surface area contributed by atoms with Gasteiger partial charge in [0, 0.05) is 39.7 Å². The molecule has 2 aromatic rings. The van der Waals surface area contributed by atoms with Crippen molar-refractivity contribution in [2.45, 2.75) is 37.8 Å². The maximum absolute atomic E-state index is 14.7. The zero-order valence-electron chi connectivity index (χ0n) is 22.1. The molecule has 2 aliphatic rings. The highest BCUT2D eigenvalue weighted by atomic mass is 35.5. The van der Waals surface area contributed by atoms with E-state index in [1.54, 1.807) is 5.32 Å². The third-order valence-corrected chi connectivity index (χ3v) is 5.05. The van der Waals surface area contributed by atoms with Crippen LogP contribution in [0.5, 0.6) is 0 Å². The van der Waals surface area contributed by atoms with Crippen LogP contribution in [0.25, 0.3) is 0 Å². The van der Waals surface area contributed by atoms with Crippen LogP contribution in [0.2, 0.25) is 6.43 Å². The Kier molecular flexibility index (Phi) is 4.02. The van der Waals surface area contributed by atoms with Crippen molar-refractivity contribution in [3.63, 3.8) is 0 Å². The van der Waals surface area contributed by atoms with E-state index in [9.17, 15) is 28.0 Å². The SMILES string of the molecule is [2H]C(c1ccc2c(c1)CN([C@]1([2H])C(=O)NC(=O)C([2H])C1([2H])[2H])C2=O)N([2H])C(=O)C(F)(F)c1ccc(Cl)cc1. The molecule has 4 rings (SSSR count). The third kappa shape index (κ3) is 4.08. The van der Waals surface area contributed by atoms with Gasteiger partial charge in [-0.05, 0) is 35.7 Å². The van der Waals surface area contributed by atoms with Gasteiger partial charge >= 0.3 is 5.92 Å². The molecule has 3 atom stereocenters. The molecule has 166 valence electrons. The van der Waals surface area contributed by atoms with E-state index >= 15 is 0 Å². The Morgan fingerprint density at radius 3 is 2.75 bits per heavy atom. The first kappa shape index (κ1) is 15.5. The lowest BCUT2D eigenvalue weighted by molar-refractivity contribution is -0.147. The highest BCUT2D eigenvalue weighted by molar-refractivity contribution is 6.30. The maximum atomic E-state index is 14.7. The van der Waals surface area contributed by atoms with E-state index in [-0.39, 0.29) is 27.0 Å². The van der Waals surface area contributed by atoms with Crippen molar-refractivity contribution in [3.8, 4) is 0 Å². The number of hydrogen-bond acceptors (Lipinski definition) is 4. The molecule has 7 nitrogen and oxygen atoms in total. The minimum atomic E-state index is -4.16. The molecule has 2 heterocycles. The summed E-state index contributed by atoms with van der Waals surface area (Å²) >= 11 is 5.68. The van der Waals surface area contributed by atoms with Crippen LogP contribution in [0.4, 0.5) is 8.78 Å². The van der Waals surface area contributed by atoms with Crippen molar-refractivity contribution in [3.05, 3.63) is 69.7 Å². The van der Waals surface area contributed by atoms with E-state index < -0.39 is 67.0 Å². The molecule has 2 aromatic carbocycles. The molecule has 0 spiro atoms. The van der Waals surface area contributed by atoms with Gasteiger partial charge in [-0.1, -0.05) is 35.9 Å². The molecule has 4 amide bonds. The summed E-state index contributed by atoms with van der Waals surface area (Å²) in [6.07, 6.45) is -5.28. The number of alkyl halides is 2. The van der Waals surface area contributed by atoms with E-state index in [1.807, 2.05) is 0 Å². The molecule has 0 radical (unpaired) electrons. The van der Waals surface area contributed by atoms with E-state index in [1.165, 1.54) is 0 Å². The van der Waals surface area contributed by atoms with E-state index in [0.717, 1.165) is 42.5 Å². The fourth-order valence-corrected chi connectivity index (χ4v) is 3.33. The fourth-order valence-electron chi connectivity index (χ4n) is 3.21. The van der Waals surface area contributed by atoms with Gasteiger partial charge in [-0.25, -0.2) is 0 Å². The molecule has 0 aromatic heterocycles. The summed E-state index contributed by atoms with van der Waals surface area (Å²) in [6.45, 7) is -2.53. The van der Waals surface area contributed by atoms with E-state index in [4.69, 9.17) is 19.9 Å². The highest BCUT2D eigenvalue weighted by Gasteiger charge is 2.41. The zero-order chi connectivity index (χ0) is 28.4. The van der Waals surface area contributed by atoms with Crippen molar-refractivity contribution >= 4 is 35.2 Å². The monoisotopic (exact) mass is 467 g/mol. The number of rotatable bonds is 5. The number of halogens is 3. The number of benzene rings is 2. The summed E-state index contributed by atoms with van der Waals surface area (Å²) in [4.78, 5) is 50.3. The predicted octanol–water partition coefficient (Wildman–Crippen LogP) is 2.51. The molecule has 32 heavy (non-hydrogen) atoms. The Morgan fingerprint density at radius 2 is 2.03 bits per heavy atom. The van der Waals surface area contributed by atoms with E-state index in [2.05, 4.69) is 0 Å². The minimum Gasteiger partial charge on any atom is -0.346 e. The normalized spacial score (nSPS) is 28.3. The van der Waals surface area contributed by atoms with Gasteiger partial charge in [0.15, 0.2) is 1.41 Å². The maximum Gasteiger partial charge on any atom is 0.349 e. The van der Waals surface area contributed by atoms with Crippen molar-refractivity contribution in [2.75, 3.05) is 0 Å². The molecule has 0 saturated carbocycles. The number of nitrogens with one attached hydrogen (secondary N) is 2. The van der Waals surface area contributed by atoms with Crippen LogP contribution in [-0.2, 0) is 33.4 Å². The van der Waals surface area contributed by atoms with Crippen LogP contribution in [0.3, 0.4) is 0 Å². The summed E-state index contributed by atoms with van der Waals surface area (Å²) in [5.74, 6) is -9.83. The summed E-state index contributed by atoms with van der Waals surface area (Å²) in [5, 5.41) is 1.64. The summed E-state index contributed by atoms with van der Waals surface area (Å²) in [7, 11) is 0. The Bertz CT molecular complexity index is 1370. The average Bonchev–Trinajstić information content (AvgIpc) is 3.21. The number of amides is 4. The number of carbonyl (C=O) groups excluding carboxylic acids is 4. The number of carbonyl (C=O) groups is 4. The Morgan fingerprint density at radius 1 is 1.31 bits per heavy atom. The summed E-state index contributed by atoms with van der Waals surface area (Å²) in [5.41, 5.74) is -0.941. The summed E-state index contributed by atoms with van der Waals surface area (Å²) in [6, 6.07) is 4.50. The predicted molar refractivity (Wildman–Crippen MR) is 110 cm³/mol. The molecular weight excluding hydrogens is 444 g/mol. The number of hydrogen-bond donors (Lipinski definition) is 2. The van der Waals surface area contributed by atoms with Crippen LogP contribution in [0.1, 0.15) is 46.7 Å². The Hall–Kier alpha value is -3.33. The molecule has 2 N–H and O–H groups in total. The molecule has 10 heteroatoms. The fraction of sp³-hybridized carbons (Fsp3) is 0.273. The van der Waals surface area contributed by atoms with Gasteiger partial charge in [-0.3, -0.25) is 24.5 Å². The smallest absolute Gasteiger partial charge is 0.346 e. The molecule has 0 aliphatic carbocycles. The van der Waals surface area contributed by atoms with Crippen LogP contribution >= 0.6 is 11.6 Å². The van der Waals surface area contributed by atoms with Gasteiger partial charge in [0.1, 0.15) is 6.02 Å². The van der Waals surface area contributed by atoms with Crippen molar-refractivity contribution in [1.29, 1.82) is 0 Å². The second-order valence-electron chi connectivity index (χ2n) is 6.91. The van der Waals surface area contributed by atoms with Gasteiger partial charge in [0.05, 0.1) is 2.74 Å². The average molecular weight is 468 g/mol. The molecule has 1 saturated heterocycles. The largest absolute Gasteiger partial charge is 0.349 e. The van der Waals surface area contributed by atoms with Crippen LogP contribution in [0, 0.1) is 0 Å². The van der Waals surface area contributed by atoms with Gasteiger partial charge in [-0.15, -0.1) is 0 Å². The van der Waals surface area contributed by atoms with Crippen molar-refractivity contribution in [1.82, 2.24) is 15.5 Å². The van der Waals surface area contributed by atoms with Crippen LogP contribution < -0.4 is 10.6 Å². The number of nitrogens with zero attached hydrogens (tertiary/aromatic N) is 1. The number of fused-ring (bicyclic) bond motifs is 1. The highest BCUT2D eigenvalue weighted by Crippen LogP contribution is 2.30. The van der Waals surface area contributed by atoms with Crippen molar-refractivity contribution in [2.24, 2.45) is 0 Å². The van der Waals surface area contributed by atoms with Crippen LogP contribution in [0.15, 0.2) is 42.5 Å². The molecule has 0 bridgehead atoms. The quantitative estimate of drug-likeness (QED) is 0.660. The van der Waals surface area contributed by atoms with Gasteiger partial charge < -0.3 is 10.2 Å². The lowest BCUT2D eigenvalue weighted by Gasteiger charge is -2.29. The number of imide groups is 1. The number of piperidine rings is 1. The lowest BCUT2D eigenvalue weighted by atomic mass is 10.0. The first-order valence-corrected chi connectivity index (χ1v) is 9.54. The Labute approximate surface area is 195 Å². The Balaban J connectivity index is 1.61. The zero-order valence-corrected chi connectivity index (χ0v) is 16.8. The first-order chi connectivity index (χ1) is 17.5. The third-order valence-electron chi connectivity index (χ3n) is 4.80. The molecule has 1 fully saturated rings. The molecular formula is C22H18ClF2N3O4. The summed E-state index contributed by atoms with van der Waals surface area (Å²) < 4.78 is 78.0. The minimum absolute atomic E-state index is 0.0590. The van der Waals surface area contributed by atoms with Gasteiger partial charge in [0.25, 0.3) is 11.8 Å². The second-order valence-corrected chi connectivity index (χ2v) is 7.34. The standard InChI is InChI=1S/C22H18ClF2N3O4/c23-15-4-2-14(3-5-15)22(24,25)21(32)26-10-12-1-6-16-13(9-12)11-28(20(16)31)17-7-8-18(29)27-19(17)30/h1-6,9,17H,7-8,10-11H2,(H,26,32)(H,27,29,30)/t17-/m0/s1/i7D2,8D,10D,17D/hD/t8?,10?,17-. The topological polar surface area (TPSA) is 95.6 Å². The second kappa shape index (κ2) is 8.31. The van der Waals surface area contributed by atoms with E-state index in [0.29, 0.717) is 4.90 Å². The first-order valence-electron chi connectivity index (χ1n) is 12.3. The van der Waals surface area contributed by atoms with Crippen LogP contribution in [-0.4, -0.2) is 34.5 Å². The molecule has 2 unspecified atom stereocenters. The van der Waals surface area contributed by atoms with Crippen molar-refractivity contribution < 1.29 is 36.2 Å². The molecule has 2 aliphatic heterocycles. The van der Waals surface area contributed by atoms with Gasteiger partial charge in [0.2, 0.25) is 11.8 Å².